The van der Waals surface area contributed by atoms with E-state index in [2.05, 4.69) is 4.98 Å². The monoisotopic (exact) mass is 439 g/mol. The van der Waals surface area contributed by atoms with Gasteiger partial charge in [-0.25, -0.2) is 4.98 Å². The van der Waals surface area contributed by atoms with E-state index in [1.54, 1.807) is 60.4 Å². The fourth-order valence-corrected chi connectivity index (χ4v) is 4.08. The van der Waals surface area contributed by atoms with Crippen LogP contribution in [0, 0.1) is 0 Å². The maximum Gasteiger partial charge on any atom is 0.223 e. The molecule has 0 bridgehead atoms. The molecule has 8 heteroatoms. The van der Waals surface area contributed by atoms with Crippen LogP contribution in [0.5, 0.6) is 5.75 Å². The van der Waals surface area contributed by atoms with Gasteiger partial charge < -0.3 is 23.7 Å². The summed E-state index contributed by atoms with van der Waals surface area (Å²) in [5.74, 6) is -0.217. The molecule has 0 amide bonds. The first kappa shape index (κ1) is 21.3. The van der Waals surface area contributed by atoms with Crippen molar-refractivity contribution in [2.45, 2.75) is 18.4 Å². The third-order valence-corrected chi connectivity index (χ3v) is 5.80. The number of nitrogens with zero attached hydrogens (tertiary/aromatic N) is 3. The SMILES string of the molecule is CN(C)/C=C/C(=O)c1ccc(OCC2COC(Cn3ccnc3)(c3cccs3)O2)cc1. The van der Waals surface area contributed by atoms with Crippen LogP contribution in [-0.4, -0.2) is 53.6 Å². The lowest BCUT2D eigenvalue weighted by Crippen LogP contribution is -2.33. The van der Waals surface area contributed by atoms with Crippen LogP contribution in [0.3, 0.4) is 0 Å². The van der Waals surface area contributed by atoms with Crippen LogP contribution < -0.4 is 4.74 Å². The highest BCUT2D eigenvalue weighted by molar-refractivity contribution is 7.10. The number of benzene rings is 1. The van der Waals surface area contributed by atoms with Crippen LogP contribution in [0.4, 0.5) is 0 Å². The van der Waals surface area contributed by atoms with Crippen LogP contribution in [-0.2, 0) is 21.8 Å². The van der Waals surface area contributed by atoms with E-state index in [0.717, 1.165) is 4.88 Å². The van der Waals surface area contributed by atoms with Crippen LogP contribution in [0.25, 0.3) is 0 Å². The largest absolute Gasteiger partial charge is 0.491 e. The number of ketones is 1. The van der Waals surface area contributed by atoms with Gasteiger partial charge in [-0.1, -0.05) is 6.07 Å². The molecule has 2 unspecified atom stereocenters. The molecule has 0 spiro atoms. The summed E-state index contributed by atoms with van der Waals surface area (Å²) in [6.07, 6.45) is 8.44. The summed E-state index contributed by atoms with van der Waals surface area (Å²) in [6.45, 7) is 1.30. The molecule has 2 aromatic heterocycles. The number of hydrogen-bond donors (Lipinski definition) is 0. The first-order chi connectivity index (χ1) is 15.0. The van der Waals surface area contributed by atoms with Crippen molar-refractivity contribution in [3.63, 3.8) is 0 Å². The van der Waals surface area contributed by atoms with Gasteiger partial charge in [-0.2, -0.15) is 0 Å². The van der Waals surface area contributed by atoms with E-state index in [0.29, 0.717) is 31.1 Å². The zero-order valence-corrected chi connectivity index (χ0v) is 18.3. The zero-order valence-electron chi connectivity index (χ0n) is 17.5. The molecule has 0 radical (unpaired) electrons. The molecule has 0 saturated carbocycles. The highest BCUT2D eigenvalue weighted by Gasteiger charge is 2.44. The minimum absolute atomic E-state index is 0.0481. The molecule has 1 aliphatic rings. The summed E-state index contributed by atoms with van der Waals surface area (Å²) in [4.78, 5) is 19.1. The van der Waals surface area contributed by atoms with Gasteiger partial charge in [0.2, 0.25) is 5.79 Å². The third-order valence-electron chi connectivity index (χ3n) is 4.80. The summed E-state index contributed by atoms with van der Waals surface area (Å²) in [5, 5.41) is 2.01. The second-order valence-corrected chi connectivity index (χ2v) is 8.44. The Hall–Kier alpha value is -2.94. The van der Waals surface area contributed by atoms with Gasteiger partial charge in [0.1, 0.15) is 18.5 Å². The summed E-state index contributed by atoms with van der Waals surface area (Å²) < 4.78 is 20.4. The summed E-state index contributed by atoms with van der Waals surface area (Å²) in [6, 6.07) is 11.1. The van der Waals surface area contributed by atoms with E-state index >= 15 is 0 Å². The molecule has 2 atom stereocenters. The van der Waals surface area contributed by atoms with Gasteiger partial charge in [-0.3, -0.25) is 4.79 Å². The lowest BCUT2D eigenvalue weighted by Gasteiger charge is -2.27. The summed E-state index contributed by atoms with van der Waals surface area (Å²) >= 11 is 1.60. The van der Waals surface area contributed by atoms with Gasteiger partial charge in [-0.05, 0) is 35.7 Å². The maximum atomic E-state index is 12.1. The number of thiophene rings is 1. The van der Waals surface area contributed by atoms with Gasteiger partial charge in [0.25, 0.3) is 0 Å². The van der Waals surface area contributed by atoms with Crippen LogP contribution in [0.1, 0.15) is 15.2 Å². The molecule has 1 aromatic carbocycles. The Labute approximate surface area is 185 Å². The molecule has 7 nitrogen and oxygen atoms in total. The number of rotatable bonds is 9. The van der Waals surface area contributed by atoms with Crippen molar-refractivity contribution in [3.05, 3.63) is 83.2 Å². The number of aromatic nitrogens is 2. The fraction of sp³-hybridized carbons (Fsp3) is 0.304. The lowest BCUT2D eigenvalue weighted by atomic mass is 10.1. The topological polar surface area (TPSA) is 65.8 Å². The van der Waals surface area contributed by atoms with Gasteiger partial charge in [0, 0.05) is 44.3 Å². The smallest absolute Gasteiger partial charge is 0.223 e. The summed E-state index contributed by atoms with van der Waals surface area (Å²) in [7, 11) is 3.75. The Bertz CT molecular complexity index is 1000. The molecular formula is C23H25N3O4S. The van der Waals surface area contributed by atoms with Crippen molar-refractivity contribution in [2.75, 3.05) is 27.3 Å². The average molecular weight is 440 g/mol. The first-order valence-electron chi connectivity index (χ1n) is 9.97. The van der Waals surface area contributed by atoms with Crippen molar-refractivity contribution in [3.8, 4) is 5.75 Å². The Balaban J connectivity index is 1.37. The lowest BCUT2D eigenvalue weighted by molar-refractivity contribution is -0.186. The Kier molecular flexibility index (Phi) is 6.50. The molecular weight excluding hydrogens is 414 g/mol. The van der Waals surface area contributed by atoms with Gasteiger partial charge in [0.05, 0.1) is 24.4 Å². The number of allylic oxidation sites excluding steroid dienone is 1. The molecule has 31 heavy (non-hydrogen) atoms. The predicted molar refractivity (Wildman–Crippen MR) is 118 cm³/mol. The van der Waals surface area contributed by atoms with Crippen molar-refractivity contribution in [2.24, 2.45) is 0 Å². The van der Waals surface area contributed by atoms with Gasteiger partial charge in [0.15, 0.2) is 5.78 Å². The van der Waals surface area contributed by atoms with Gasteiger partial charge in [-0.15, -0.1) is 11.3 Å². The number of imidazole rings is 1. The second-order valence-electron chi connectivity index (χ2n) is 7.50. The van der Waals surface area contributed by atoms with E-state index in [1.807, 2.05) is 47.3 Å². The number of carbonyl (C=O) groups excluding carboxylic acids is 1. The first-order valence-corrected chi connectivity index (χ1v) is 10.9. The van der Waals surface area contributed by atoms with E-state index in [4.69, 9.17) is 14.2 Å². The standard InChI is InChI=1S/C23H25N3O4S/c1-25(2)11-9-21(27)18-5-7-19(8-6-18)28-14-20-15-29-23(30-20,22-4-3-13-31-22)16-26-12-10-24-17-26/h3-13,17,20H,14-16H2,1-2H3/b11-9+. The highest BCUT2D eigenvalue weighted by Crippen LogP contribution is 2.38. The molecule has 162 valence electrons. The van der Waals surface area contributed by atoms with Crippen LogP contribution >= 0.6 is 11.3 Å². The quantitative estimate of drug-likeness (QED) is 0.375. The second kappa shape index (κ2) is 9.47. The molecule has 3 heterocycles. The minimum atomic E-state index is -0.849. The fourth-order valence-electron chi connectivity index (χ4n) is 3.27. The minimum Gasteiger partial charge on any atom is -0.491 e. The number of ether oxygens (including phenoxy) is 3. The zero-order chi connectivity index (χ0) is 21.7. The van der Waals surface area contributed by atoms with Crippen molar-refractivity contribution >= 4 is 17.1 Å². The van der Waals surface area contributed by atoms with Crippen LogP contribution in [0.15, 0.2) is 72.8 Å². The Morgan fingerprint density at radius 3 is 2.87 bits per heavy atom. The number of hydrogen-bond acceptors (Lipinski definition) is 7. The average Bonchev–Trinajstić information content (AvgIpc) is 3.53. The maximum absolute atomic E-state index is 12.1. The summed E-state index contributed by atoms with van der Waals surface area (Å²) in [5.41, 5.74) is 0.614. The molecule has 0 aliphatic carbocycles. The molecule has 3 aromatic rings. The molecule has 4 rings (SSSR count). The normalized spacial score (nSPS) is 20.9. The molecule has 1 fully saturated rings. The van der Waals surface area contributed by atoms with E-state index in [1.165, 1.54) is 0 Å². The third kappa shape index (κ3) is 5.22. The molecule has 1 saturated heterocycles. The molecule has 1 aliphatic heterocycles. The number of carbonyl (C=O) groups is 1. The van der Waals surface area contributed by atoms with Gasteiger partial charge >= 0.3 is 0 Å². The van der Waals surface area contributed by atoms with Crippen molar-refractivity contribution in [1.29, 1.82) is 0 Å². The predicted octanol–water partition coefficient (Wildman–Crippen LogP) is 3.55. The highest BCUT2D eigenvalue weighted by atomic mass is 32.1. The van der Waals surface area contributed by atoms with Crippen molar-refractivity contribution < 1.29 is 19.0 Å². The van der Waals surface area contributed by atoms with Crippen molar-refractivity contribution in [1.82, 2.24) is 14.5 Å². The Morgan fingerprint density at radius 1 is 1.35 bits per heavy atom. The molecule has 0 N–H and O–H groups in total. The van der Waals surface area contributed by atoms with E-state index in [-0.39, 0.29) is 11.9 Å². The van der Waals surface area contributed by atoms with Crippen LogP contribution in [0.2, 0.25) is 0 Å². The van der Waals surface area contributed by atoms with E-state index in [9.17, 15) is 4.79 Å². The Morgan fingerprint density at radius 2 is 2.19 bits per heavy atom. The van der Waals surface area contributed by atoms with E-state index < -0.39 is 5.79 Å².